The number of carbonyl (C=O) groups is 1. The van der Waals surface area contributed by atoms with E-state index < -0.39 is 5.54 Å². The molecule has 1 unspecified atom stereocenters. The zero-order chi connectivity index (χ0) is 14.9. The van der Waals surface area contributed by atoms with Crippen molar-refractivity contribution in [3.63, 3.8) is 0 Å². The van der Waals surface area contributed by atoms with Crippen LogP contribution in [0.3, 0.4) is 0 Å². The predicted octanol–water partition coefficient (Wildman–Crippen LogP) is 2.69. The van der Waals surface area contributed by atoms with E-state index in [1.165, 1.54) is 0 Å². The van der Waals surface area contributed by atoms with Crippen molar-refractivity contribution in [3.8, 4) is 9.88 Å². The van der Waals surface area contributed by atoms with Crippen LogP contribution < -0.4 is 5.32 Å². The first-order chi connectivity index (χ1) is 10.1. The summed E-state index contributed by atoms with van der Waals surface area (Å²) >= 11 is 3.21. The lowest BCUT2D eigenvalue weighted by Crippen LogP contribution is -2.51. The Balaban J connectivity index is 1.62. The summed E-state index contributed by atoms with van der Waals surface area (Å²) in [6.07, 6.45) is 2.43. The second-order valence-electron chi connectivity index (χ2n) is 5.70. The van der Waals surface area contributed by atoms with Crippen molar-refractivity contribution in [1.82, 2.24) is 10.3 Å². The Morgan fingerprint density at radius 2 is 2.33 bits per heavy atom. The van der Waals surface area contributed by atoms with Crippen molar-refractivity contribution in [2.45, 2.75) is 31.7 Å². The maximum absolute atomic E-state index is 12.2. The van der Waals surface area contributed by atoms with Crippen molar-refractivity contribution in [2.24, 2.45) is 5.92 Å². The summed E-state index contributed by atoms with van der Waals surface area (Å²) in [5.41, 5.74) is 0.306. The zero-order valence-electron chi connectivity index (χ0n) is 11.8. The van der Waals surface area contributed by atoms with E-state index in [0.717, 1.165) is 28.4 Å². The number of nitrogens with zero attached hydrogens (tertiary/aromatic N) is 1. The molecule has 6 heteroatoms. The number of thiazole rings is 1. The number of aromatic nitrogens is 1. The largest absolute Gasteiger partial charge is 0.394 e. The summed E-state index contributed by atoms with van der Waals surface area (Å²) < 4.78 is 0. The summed E-state index contributed by atoms with van der Waals surface area (Å²) in [6, 6.07) is 4.03. The molecule has 1 fully saturated rings. The Kier molecular flexibility index (Phi) is 4.10. The van der Waals surface area contributed by atoms with Gasteiger partial charge < -0.3 is 10.4 Å². The molecule has 1 atom stereocenters. The maximum Gasteiger partial charge on any atom is 0.226 e. The van der Waals surface area contributed by atoms with Crippen LogP contribution in [-0.2, 0) is 11.2 Å². The Bertz CT molecular complexity index is 619. The van der Waals surface area contributed by atoms with Crippen LogP contribution in [0.15, 0.2) is 22.9 Å². The van der Waals surface area contributed by atoms with Crippen LogP contribution in [0.5, 0.6) is 0 Å². The molecule has 21 heavy (non-hydrogen) atoms. The number of carbonyl (C=O) groups excluding carboxylic acids is 1. The second kappa shape index (κ2) is 5.87. The molecule has 1 amide bonds. The quantitative estimate of drug-likeness (QED) is 0.859. The highest BCUT2D eigenvalue weighted by molar-refractivity contribution is 7.20. The van der Waals surface area contributed by atoms with Crippen molar-refractivity contribution in [1.29, 1.82) is 0 Å². The number of aliphatic hydroxyl groups excluding tert-OH is 1. The van der Waals surface area contributed by atoms with Gasteiger partial charge in [0.1, 0.15) is 5.01 Å². The summed E-state index contributed by atoms with van der Waals surface area (Å²) in [5, 5.41) is 17.4. The van der Waals surface area contributed by atoms with Gasteiger partial charge in [0.2, 0.25) is 5.91 Å². The molecule has 3 rings (SSSR count). The lowest BCUT2D eigenvalue weighted by molar-refractivity contribution is -0.123. The topological polar surface area (TPSA) is 62.2 Å². The van der Waals surface area contributed by atoms with Crippen LogP contribution in [0.25, 0.3) is 9.88 Å². The molecule has 0 radical (unpaired) electrons. The first-order valence-electron chi connectivity index (χ1n) is 7.01. The molecule has 0 aromatic carbocycles. The van der Waals surface area contributed by atoms with Gasteiger partial charge in [0.05, 0.1) is 29.1 Å². The van der Waals surface area contributed by atoms with Gasteiger partial charge in [0, 0.05) is 5.38 Å². The van der Waals surface area contributed by atoms with Crippen LogP contribution in [0.1, 0.15) is 25.5 Å². The van der Waals surface area contributed by atoms with E-state index in [-0.39, 0.29) is 18.9 Å². The predicted molar refractivity (Wildman–Crippen MR) is 85.5 cm³/mol. The number of nitrogens with one attached hydrogen (secondary N) is 1. The normalized spacial score (nSPS) is 17.4. The van der Waals surface area contributed by atoms with E-state index in [1.807, 2.05) is 29.8 Å². The third-order valence-electron chi connectivity index (χ3n) is 3.86. The van der Waals surface area contributed by atoms with Gasteiger partial charge in [-0.25, -0.2) is 4.98 Å². The molecule has 2 N–H and O–H groups in total. The van der Waals surface area contributed by atoms with Crippen LogP contribution >= 0.6 is 22.7 Å². The molecule has 0 bridgehead atoms. The van der Waals surface area contributed by atoms with Gasteiger partial charge in [-0.3, -0.25) is 4.79 Å². The number of amides is 1. The summed E-state index contributed by atoms with van der Waals surface area (Å²) in [5.74, 6) is 0.338. The van der Waals surface area contributed by atoms with E-state index >= 15 is 0 Å². The van der Waals surface area contributed by atoms with Crippen molar-refractivity contribution in [3.05, 3.63) is 28.6 Å². The van der Waals surface area contributed by atoms with Crippen molar-refractivity contribution >= 4 is 28.6 Å². The second-order valence-corrected chi connectivity index (χ2v) is 7.50. The fraction of sp³-hybridized carbons (Fsp3) is 0.467. The molecule has 112 valence electrons. The van der Waals surface area contributed by atoms with Gasteiger partial charge in [0.15, 0.2) is 0 Å². The summed E-state index contributed by atoms with van der Waals surface area (Å²) in [7, 11) is 0. The lowest BCUT2D eigenvalue weighted by atomic mass is 9.96. The zero-order valence-corrected chi connectivity index (χ0v) is 13.5. The molecule has 1 saturated carbocycles. The van der Waals surface area contributed by atoms with Gasteiger partial charge >= 0.3 is 0 Å². The van der Waals surface area contributed by atoms with Gasteiger partial charge in [0.25, 0.3) is 0 Å². The van der Waals surface area contributed by atoms with E-state index in [0.29, 0.717) is 5.92 Å². The van der Waals surface area contributed by atoms with E-state index in [2.05, 4.69) is 10.3 Å². The van der Waals surface area contributed by atoms with E-state index in [9.17, 15) is 9.90 Å². The standard InChI is InChI=1S/C15H18N2O2S2/c1-15(9-18,10-4-5-10)17-13(19)7-11-8-21-14(16-11)12-3-2-6-20-12/h2-3,6,8,10,18H,4-5,7,9H2,1H3,(H,17,19). The average Bonchev–Trinajstić information content (AvgIpc) is 3.00. The molecule has 0 spiro atoms. The van der Waals surface area contributed by atoms with Crippen LogP contribution in [-0.4, -0.2) is 28.1 Å². The lowest BCUT2D eigenvalue weighted by Gasteiger charge is -2.28. The Morgan fingerprint density at radius 3 is 2.95 bits per heavy atom. The summed E-state index contributed by atoms with van der Waals surface area (Å²) in [4.78, 5) is 17.8. The molecule has 0 aliphatic heterocycles. The minimum absolute atomic E-state index is 0.0130. The van der Waals surface area contributed by atoms with E-state index in [1.54, 1.807) is 22.7 Å². The first kappa shape index (κ1) is 14.7. The number of thiophene rings is 1. The third kappa shape index (κ3) is 3.33. The highest BCUT2D eigenvalue weighted by Gasteiger charge is 2.42. The molecule has 1 aliphatic rings. The molecule has 2 aromatic rings. The van der Waals surface area contributed by atoms with Crippen molar-refractivity contribution in [2.75, 3.05) is 6.61 Å². The maximum atomic E-state index is 12.2. The minimum Gasteiger partial charge on any atom is -0.394 e. The summed E-state index contributed by atoms with van der Waals surface area (Å²) in [6.45, 7) is 1.90. The molecular formula is C15H18N2O2S2. The molecule has 0 saturated heterocycles. The first-order valence-corrected chi connectivity index (χ1v) is 8.77. The number of rotatable bonds is 6. The monoisotopic (exact) mass is 322 g/mol. The third-order valence-corrected chi connectivity index (χ3v) is 5.79. The fourth-order valence-electron chi connectivity index (χ4n) is 2.42. The average molecular weight is 322 g/mol. The highest BCUT2D eigenvalue weighted by Crippen LogP contribution is 2.39. The number of hydrogen-bond donors (Lipinski definition) is 2. The number of aliphatic hydroxyl groups is 1. The van der Waals surface area contributed by atoms with Crippen LogP contribution in [0.2, 0.25) is 0 Å². The minimum atomic E-state index is -0.482. The van der Waals surface area contributed by atoms with Gasteiger partial charge in [-0.15, -0.1) is 22.7 Å². The fourth-order valence-corrected chi connectivity index (χ4v) is 4.05. The number of hydrogen-bond acceptors (Lipinski definition) is 5. The molecule has 1 aliphatic carbocycles. The molecule has 2 aromatic heterocycles. The van der Waals surface area contributed by atoms with Gasteiger partial charge in [-0.2, -0.15) is 0 Å². The van der Waals surface area contributed by atoms with Crippen LogP contribution in [0.4, 0.5) is 0 Å². The van der Waals surface area contributed by atoms with E-state index in [4.69, 9.17) is 0 Å². The Hall–Kier alpha value is -1.24. The Morgan fingerprint density at radius 1 is 1.52 bits per heavy atom. The Labute approximate surface area is 131 Å². The molecule has 2 heterocycles. The van der Waals surface area contributed by atoms with Crippen molar-refractivity contribution < 1.29 is 9.90 Å². The smallest absolute Gasteiger partial charge is 0.226 e. The van der Waals surface area contributed by atoms with Gasteiger partial charge in [-0.05, 0) is 37.1 Å². The van der Waals surface area contributed by atoms with Gasteiger partial charge in [-0.1, -0.05) is 6.07 Å². The molecular weight excluding hydrogens is 304 g/mol. The SMILES string of the molecule is CC(CO)(NC(=O)Cc1csc(-c2cccs2)n1)C1CC1. The van der Waals surface area contributed by atoms with Crippen LogP contribution in [0, 0.1) is 5.92 Å². The highest BCUT2D eigenvalue weighted by atomic mass is 32.1. The molecule has 4 nitrogen and oxygen atoms in total.